The molecule has 3 nitrogen and oxygen atoms in total. The maximum Gasteiger partial charge on any atom is 0.255 e. The van der Waals surface area contributed by atoms with Crippen molar-refractivity contribution < 1.29 is 14.3 Å². The summed E-state index contributed by atoms with van der Waals surface area (Å²) in [5.41, 5.74) is 0.465. The Hall–Kier alpha value is -1.56. The predicted octanol–water partition coefficient (Wildman–Crippen LogP) is 3.66. The van der Waals surface area contributed by atoms with Crippen molar-refractivity contribution in [1.82, 2.24) is 5.32 Å². The Morgan fingerprint density at radius 2 is 2.00 bits per heavy atom. The quantitative estimate of drug-likeness (QED) is 0.817. The van der Waals surface area contributed by atoms with Crippen molar-refractivity contribution in [3.8, 4) is 0 Å². The molecular formula is C16H15ClFNO2S. The zero-order valence-electron chi connectivity index (χ0n) is 11.8. The van der Waals surface area contributed by atoms with Crippen LogP contribution in [0.4, 0.5) is 4.39 Å². The van der Waals surface area contributed by atoms with Crippen LogP contribution in [-0.2, 0) is 0 Å². The van der Waals surface area contributed by atoms with Crippen molar-refractivity contribution >= 4 is 29.3 Å². The fraction of sp³-hybridized carbons (Fsp3) is 0.188. The zero-order valence-corrected chi connectivity index (χ0v) is 13.4. The molecule has 22 heavy (non-hydrogen) atoms. The lowest BCUT2D eigenvalue weighted by Gasteiger charge is -2.13. The van der Waals surface area contributed by atoms with E-state index in [4.69, 9.17) is 11.6 Å². The minimum absolute atomic E-state index is 0.0257. The van der Waals surface area contributed by atoms with Gasteiger partial charge in [0.1, 0.15) is 5.82 Å². The third-order valence-corrected chi connectivity index (χ3v) is 4.20. The van der Waals surface area contributed by atoms with Crippen molar-refractivity contribution in [3.63, 3.8) is 0 Å². The number of aliphatic hydroxyl groups excluding tert-OH is 1. The molecule has 2 aromatic rings. The van der Waals surface area contributed by atoms with Crippen LogP contribution in [-0.4, -0.2) is 23.8 Å². The average Bonchev–Trinajstić information content (AvgIpc) is 2.52. The number of carbonyl (C=O) groups is 1. The van der Waals surface area contributed by atoms with E-state index in [0.29, 0.717) is 5.56 Å². The SMILES string of the molecule is CSc1ccc([C@@H](O)CNC(=O)c2c(F)cccc2Cl)cc1. The molecule has 0 bridgehead atoms. The Kier molecular flexibility index (Phi) is 5.83. The van der Waals surface area contributed by atoms with Crippen molar-refractivity contribution in [2.45, 2.75) is 11.0 Å². The smallest absolute Gasteiger partial charge is 0.255 e. The lowest BCUT2D eigenvalue weighted by atomic mass is 10.1. The number of amides is 1. The summed E-state index contributed by atoms with van der Waals surface area (Å²) in [6.07, 6.45) is 1.09. The zero-order chi connectivity index (χ0) is 16.1. The van der Waals surface area contributed by atoms with Gasteiger partial charge in [-0.05, 0) is 36.1 Å². The summed E-state index contributed by atoms with van der Waals surface area (Å²) in [6, 6.07) is 11.4. The predicted molar refractivity (Wildman–Crippen MR) is 86.9 cm³/mol. The summed E-state index contributed by atoms with van der Waals surface area (Å²) < 4.78 is 13.6. The standard InChI is InChI=1S/C16H15ClFNO2S/c1-22-11-7-5-10(6-8-11)14(20)9-19-16(21)15-12(17)3-2-4-13(15)18/h2-8,14,20H,9H2,1H3,(H,19,21)/t14-/m0/s1. The molecule has 0 aliphatic rings. The van der Waals surface area contributed by atoms with Crippen molar-refractivity contribution in [1.29, 1.82) is 0 Å². The topological polar surface area (TPSA) is 49.3 Å². The van der Waals surface area contributed by atoms with Crippen LogP contribution in [0.15, 0.2) is 47.4 Å². The first-order valence-corrected chi connectivity index (χ1v) is 8.17. The van der Waals surface area contributed by atoms with E-state index < -0.39 is 17.8 Å². The molecule has 2 rings (SSSR count). The molecule has 2 N–H and O–H groups in total. The number of thioether (sulfide) groups is 1. The Morgan fingerprint density at radius 3 is 2.59 bits per heavy atom. The molecule has 1 atom stereocenters. The van der Waals surface area contributed by atoms with Crippen molar-refractivity contribution in [2.75, 3.05) is 12.8 Å². The number of halogens is 2. The van der Waals surface area contributed by atoms with E-state index in [1.165, 1.54) is 18.2 Å². The number of hydrogen-bond donors (Lipinski definition) is 2. The lowest BCUT2D eigenvalue weighted by molar-refractivity contribution is 0.0912. The van der Waals surface area contributed by atoms with Crippen molar-refractivity contribution in [3.05, 3.63) is 64.4 Å². The van der Waals surface area contributed by atoms with Gasteiger partial charge in [0.2, 0.25) is 0 Å². The van der Waals surface area contributed by atoms with Crippen molar-refractivity contribution in [2.24, 2.45) is 0 Å². The third-order valence-electron chi connectivity index (χ3n) is 3.15. The van der Waals surface area contributed by atoms with Gasteiger partial charge in [-0.15, -0.1) is 11.8 Å². The molecule has 0 spiro atoms. The van der Waals surface area contributed by atoms with Crippen LogP contribution < -0.4 is 5.32 Å². The van der Waals surface area contributed by atoms with E-state index in [1.807, 2.05) is 18.4 Å². The highest BCUT2D eigenvalue weighted by Crippen LogP contribution is 2.20. The minimum Gasteiger partial charge on any atom is -0.387 e. The summed E-state index contributed by atoms with van der Waals surface area (Å²) in [7, 11) is 0. The number of benzene rings is 2. The van der Waals surface area contributed by atoms with E-state index in [1.54, 1.807) is 23.9 Å². The lowest BCUT2D eigenvalue weighted by Crippen LogP contribution is -2.29. The summed E-state index contributed by atoms with van der Waals surface area (Å²) in [6.45, 7) is -0.0257. The maximum atomic E-state index is 13.6. The van der Waals surface area contributed by atoms with Gasteiger partial charge in [0, 0.05) is 11.4 Å². The molecule has 1 amide bonds. The van der Waals surface area contributed by atoms with Gasteiger partial charge in [-0.3, -0.25) is 4.79 Å². The molecule has 0 radical (unpaired) electrons. The molecule has 0 saturated heterocycles. The number of hydrogen-bond acceptors (Lipinski definition) is 3. The normalized spacial score (nSPS) is 12.0. The number of nitrogens with one attached hydrogen (secondary N) is 1. The summed E-state index contributed by atoms with van der Waals surface area (Å²) >= 11 is 7.42. The molecule has 0 heterocycles. The number of aliphatic hydroxyl groups is 1. The van der Waals surface area contributed by atoms with E-state index >= 15 is 0 Å². The third kappa shape index (κ3) is 4.00. The van der Waals surface area contributed by atoms with Gasteiger partial charge in [-0.1, -0.05) is 29.8 Å². The van der Waals surface area contributed by atoms with E-state index in [2.05, 4.69) is 5.32 Å². The fourth-order valence-electron chi connectivity index (χ4n) is 1.94. The molecular weight excluding hydrogens is 325 g/mol. The molecule has 0 aliphatic heterocycles. The van der Waals surface area contributed by atoms with Crippen LogP contribution in [0.2, 0.25) is 5.02 Å². The second-order valence-electron chi connectivity index (χ2n) is 4.60. The van der Waals surface area contributed by atoms with Gasteiger partial charge in [-0.25, -0.2) is 4.39 Å². The van der Waals surface area contributed by atoms with E-state index in [-0.39, 0.29) is 17.1 Å². The van der Waals surface area contributed by atoms with Crippen LogP contribution >= 0.6 is 23.4 Å². The van der Waals surface area contributed by atoms with Crippen LogP contribution in [0.5, 0.6) is 0 Å². The van der Waals surface area contributed by atoms with Gasteiger partial charge >= 0.3 is 0 Å². The first-order chi connectivity index (χ1) is 10.5. The second-order valence-corrected chi connectivity index (χ2v) is 5.88. The highest BCUT2D eigenvalue weighted by atomic mass is 35.5. The average molecular weight is 340 g/mol. The largest absolute Gasteiger partial charge is 0.387 e. The molecule has 0 unspecified atom stereocenters. The van der Waals surface area contributed by atoms with Gasteiger partial charge in [0.05, 0.1) is 16.7 Å². The molecule has 2 aromatic carbocycles. The molecule has 6 heteroatoms. The number of carbonyl (C=O) groups excluding carboxylic acids is 1. The Morgan fingerprint density at radius 1 is 1.32 bits per heavy atom. The van der Waals surface area contributed by atoms with E-state index in [9.17, 15) is 14.3 Å². The minimum atomic E-state index is -0.870. The van der Waals surface area contributed by atoms with Crippen LogP contribution in [0.3, 0.4) is 0 Å². The molecule has 0 aromatic heterocycles. The second kappa shape index (κ2) is 7.63. The fourth-order valence-corrected chi connectivity index (χ4v) is 2.59. The highest BCUT2D eigenvalue weighted by Gasteiger charge is 2.17. The first-order valence-electron chi connectivity index (χ1n) is 6.57. The first kappa shape index (κ1) is 16.8. The summed E-state index contributed by atoms with van der Waals surface area (Å²) in [5.74, 6) is -1.34. The molecule has 0 saturated carbocycles. The number of rotatable bonds is 5. The Balaban J connectivity index is 2.01. The van der Waals surface area contributed by atoms with Crippen LogP contribution in [0.1, 0.15) is 22.0 Å². The molecule has 116 valence electrons. The van der Waals surface area contributed by atoms with Gasteiger partial charge in [-0.2, -0.15) is 0 Å². The maximum absolute atomic E-state index is 13.6. The van der Waals surface area contributed by atoms with Crippen LogP contribution in [0, 0.1) is 5.82 Å². The molecule has 0 fully saturated rings. The van der Waals surface area contributed by atoms with Gasteiger partial charge in [0.25, 0.3) is 5.91 Å². The van der Waals surface area contributed by atoms with Gasteiger partial charge < -0.3 is 10.4 Å². The van der Waals surface area contributed by atoms with E-state index in [0.717, 1.165) is 4.90 Å². The summed E-state index contributed by atoms with van der Waals surface area (Å²) in [4.78, 5) is 13.1. The monoisotopic (exact) mass is 339 g/mol. The van der Waals surface area contributed by atoms with Gasteiger partial charge in [0.15, 0.2) is 0 Å². The molecule has 0 aliphatic carbocycles. The summed E-state index contributed by atoms with van der Waals surface area (Å²) in [5, 5.41) is 12.6. The Bertz CT molecular complexity index is 643. The highest BCUT2D eigenvalue weighted by molar-refractivity contribution is 7.98. The van der Waals surface area contributed by atoms with Crippen LogP contribution in [0.25, 0.3) is 0 Å². The Labute approximate surface area is 137 Å².